The van der Waals surface area contributed by atoms with Gasteiger partial charge >= 0.3 is 0 Å². The number of nitrogens with two attached hydrogens (primary N) is 1. The van der Waals surface area contributed by atoms with Gasteiger partial charge in [0.2, 0.25) is 0 Å². The highest BCUT2D eigenvalue weighted by Crippen LogP contribution is 2.30. The molecular formula is C12H16N4OS. The number of oxime groups is 1. The molecule has 6 heteroatoms. The third-order valence-electron chi connectivity index (χ3n) is 2.80. The normalized spacial score (nSPS) is 11.9. The van der Waals surface area contributed by atoms with Gasteiger partial charge in [0.1, 0.15) is 10.8 Å². The van der Waals surface area contributed by atoms with Crippen molar-refractivity contribution in [3.8, 4) is 0 Å². The summed E-state index contributed by atoms with van der Waals surface area (Å²) in [6.07, 6.45) is 0.538. The van der Waals surface area contributed by atoms with Crippen molar-refractivity contribution in [1.29, 1.82) is 0 Å². The van der Waals surface area contributed by atoms with E-state index in [1.165, 1.54) is 11.5 Å². The Hall–Kier alpha value is -1.82. The monoisotopic (exact) mass is 264 g/mol. The molecule has 0 amide bonds. The number of aromatic nitrogens is 1. The number of nitrogens with zero attached hydrogens (tertiary/aromatic N) is 3. The Morgan fingerprint density at radius 2 is 2.28 bits per heavy atom. The van der Waals surface area contributed by atoms with Crippen molar-refractivity contribution in [3.05, 3.63) is 24.3 Å². The number of anilines is 1. The van der Waals surface area contributed by atoms with Crippen molar-refractivity contribution >= 4 is 33.3 Å². The van der Waals surface area contributed by atoms with Gasteiger partial charge in [-0.3, -0.25) is 0 Å². The van der Waals surface area contributed by atoms with E-state index in [9.17, 15) is 0 Å². The summed E-state index contributed by atoms with van der Waals surface area (Å²) in [5.41, 5.74) is 6.52. The number of amidine groups is 1. The Labute approximate surface area is 110 Å². The molecule has 18 heavy (non-hydrogen) atoms. The lowest BCUT2D eigenvalue weighted by atomic mass is 10.2. The minimum absolute atomic E-state index is 0.252. The third kappa shape index (κ3) is 2.53. The minimum Gasteiger partial charge on any atom is -0.409 e. The first-order valence-corrected chi connectivity index (χ1v) is 6.59. The molecule has 0 saturated carbocycles. The first-order chi connectivity index (χ1) is 8.76. The lowest BCUT2D eigenvalue weighted by molar-refractivity contribution is 0.317. The van der Waals surface area contributed by atoms with Gasteiger partial charge in [0.05, 0.1) is 5.52 Å². The molecule has 1 aromatic heterocycles. The van der Waals surface area contributed by atoms with Gasteiger partial charge in [-0.25, -0.2) is 0 Å². The Kier molecular flexibility index (Phi) is 3.99. The van der Waals surface area contributed by atoms with Gasteiger partial charge in [0, 0.05) is 24.9 Å². The zero-order chi connectivity index (χ0) is 13.0. The first kappa shape index (κ1) is 12.6. The number of hydrogen-bond donors (Lipinski definition) is 2. The topological polar surface area (TPSA) is 74.7 Å². The van der Waals surface area contributed by atoms with Crippen LogP contribution in [-0.2, 0) is 0 Å². The molecule has 96 valence electrons. The van der Waals surface area contributed by atoms with E-state index in [-0.39, 0.29) is 5.84 Å². The van der Waals surface area contributed by atoms with E-state index in [2.05, 4.69) is 27.4 Å². The van der Waals surface area contributed by atoms with Crippen molar-refractivity contribution in [2.24, 2.45) is 10.9 Å². The van der Waals surface area contributed by atoms with Crippen LogP contribution in [0.4, 0.5) is 5.00 Å². The van der Waals surface area contributed by atoms with Crippen LogP contribution in [0.2, 0.25) is 0 Å². The molecule has 0 radical (unpaired) electrons. The summed E-state index contributed by atoms with van der Waals surface area (Å²) in [5.74, 6) is 0.252. The second-order valence-corrected chi connectivity index (χ2v) is 4.68. The maximum Gasteiger partial charge on any atom is 0.140 e. The van der Waals surface area contributed by atoms with Crippen molar-refractivity contribution in [3.63, 3.8) is 0 Å². The van der Waals surface area contributed by atoms with Gasteiger partial charge in [-0.05, 0) is 30.6 Å². The minimum atomic E-state index is 0.252. The van der Waals surface area contributed by atoms with Crippen LogP contribution < -0.4 is 10.6 Å². The zero-order valence-corrected chi connectivity index (χ0v) is 11.0. The molecule has 0 aliphatic carbocycles. The van der Waals surface area contributed by atoms with Crippen LogP contribution in [0.5, 0.6) is 0 Å². The highest BCUT2D eigenvalue weighted by atomic mass is 32.1. The predicted octanol–water partition coefficient (Wildman–Crippen LogP) is 2.26. The predicted molar refractivity (Wildman–Crippen MR) is 75.5 cm³/mol. The second-order valence-electron chi connectivity index (χ2n) is 3.93. The summed E-state index contributed by atoms with van der Waals surface area (Å²) in [6, 6.07) is 8.07. The Morgan fingerprint density at radius 3 is 3.00 bits per heavy atom. The average molecular weight is 264 g/mol. The van der Waals surface area contributed by atoms with Crippen LogP contribution in [0.15, 0.2) is 29.4 Å². The SMILES string of the molecule is CCN(CCC(N)=NO)c1snc2ccccc12. The van der Waals surface area contributed by atoms with E-state index < -0.39 is 0 Å². The largest absolute Gasteiger partial charge is 0.409 e. The molecule has 1 aromatic carbocycles. The Bertz CT molecular complexity index is 552. The quantitative estimate of drug-likeness (QED) is 0.376. The molecular weight excluding hydrogens is 248 g/mol. The van der Waals surface area contributed by atoms with Crippen LogP contribution in [0.3, 0.4) is 0 Å². The summed E-state index contributed by atoms with van der Waals surface area (Å²) < 4.78 is 4.42. The van der Waals surface area contributed by atoms with Gasteiger partial charge in [-0.15, -0.1) is 0 Å². The highest BCUT2D eigenvalue weighted by molar-refractivity contribution is 7.11. The molecule has 3 N–H and O–H groups in total. The molecule has 2 aromatic rings. The first-order valence-electron chi connectivity index (χ1n) is 5.82. The molecule has 0 spiro atoms. The standard InChI is InChI=1S/C12H16N4OS/c1-2-16(8-7-11(13)14-17)12-9-5-3-4-6-10(9)15-18-12/h3-6,17H,2,7-8H2,1H3,(H2,13,14). The van der Waals surface area contributed by atoms with Gasteiger partial charge in [-0.2, -0.15) is 4.37 Å². The van der Waals surface area contributed by atoms with Crippen molar-refractivity contribution < 1.29 is 5.21 Å². The molecule has 5 nitrogen and oxygen atoms in total. The fourth-order valence-corrected chi connectivity index (χ4v) is 2.76. The summed E-state index contributed by atoms with van der Waals surface area (Å²) in [4.78, 5) is 2.19. The fraction of sp³-hybridized carbons (Fsp3) is 0.333. The van der Waals surface area contributed by atoms with Gasteiger partial charge < -0.3 is 15.8 Å². The smallest absolute Gasteiger partial charge is 0.140 e. The maximum absolute atomic E-state index is 8.56. The lowest BCUT2D eigenvalue weighted by Crippen LogP contribution is -2.27. The molecule has 0 unspecified atom stereocenters. The van der Waals surface area contributed by atoms with E-state index in [4.69, 9.17) is 10.9 Å². The number of fused-ring (bicyclic) bond motifs is 1. The fourth-order valence-electron chi connectivity index (χ4n) is 1.81. The van der Waals surface area contributed by atoms with E-state index in [0.29, 0.717) is 6.42 Å². The summed E-state index contributed by atoms with van der Waals surface area (Å²) in [5, 5.41) is 13.8. The molecule has 0 saturated heterocycles. The molecule has 0 atom stereocenters. The highest BCUT2D eigenvalue weighted by Gasteiger charge is 2.12. The molecule has 0 fully saturated rings. The third-order valence-corrected chi connectivity index (χ3v) is 3.74. The average Bonchev–Trinajstić information content (AvgIpc) is 2.83. The van der Waals surface area contributed by atoms with E-state index in [0.717, 1.165) is 29.0 Å². The number of hydrogen-bond acceptors (Lipinski definition) is 5. The van der Waals surface area contributed by atoms with Crippen LogP contribution >= 0.6 is 11.5 Å². The molecule has 1 heterocycles. The van der Waals surface area contributed by atoms with Crippen molar-refractivity contribution in [1.82, 2.24) is 4.37 Å². The van der Waals surface area contributed by atoms with Gasteiger partial charge in [0.15, 0.2) is 0 Å². The summed E-state index contributed by atoms with van der Waals surface area (Å²) >= 11 is 1.49. The maximum atomic E-state index is 8.56. The molecule has 2 rings (SSSR count). The molecule has 0 bridgehead atoms. The van der Waals surface area contributed by atoms with Gasteiger partial charge in [-0.1, -0.05) is 17.3 Å². The lowest BCUT2D eigenvalue weighted by Gasteiger charge is -2.20. The summed E-state index contributed by atoms with van der Waals surface area (Å²) in [7, 11) is 0. The number of benzene rings is 1. The van der Waals surface area contributed by atoms with Crippen molar-refractivity contribution in [2.45, 2.75) is 13.3 Å². The Morgan fingerprint density at radius 1 is 1.50 bits per heavy atom. The number of rotatable bonds is 5. The zero-order valence-electron chi connectivity index (χ0n) is 10.2. The van der Waals surface area contributed by atoms with Crippen molar-refractivity contribution in [2.75, 3.05) is 18.0 Å². The van der Waals surface area contributed by atoms with Gasteiger partial charge in [0.25, 0.3) is 0 Å². The van der Waals surface area contributed by atoms with E-state index in [1.54, 1.807) is 0 Å². The van der Waals surface area contributed by atoms with E-state index in [1.807, 2.05) is 18.2 Å². The van der Waals surface area contributed by atoms with E-state index >= 15 is 0 Å². The second kappa shape index (κ2) is 5.68. The summed E-state index contributed by atoms with van der Waals surface area (Å²) in [6.45, 7) is 3.67. The van der Waals surface area contributed by atoms with Crippen LogP contribution in [-0.4, -0.2) is 28.5 Å². The van der Waals surface area contributed by atoms with Crippen LogP contribution in [0.1, 0.15) is 13.3 Å². The van der Waals surface area contributed by atoms with Crippen LogP contribution in [0.25, 0.3) is 10.9 Å². The van der Waals surface area contributed by atoms with Crippen LogP contribution in [0, 0.1) is 0 Å². The molecule has 0 aliphatic heterocycles. The molecule has 0 aliphatic rings. The Balaban J connectivity index is 2.22.